The molecular weight excluding hydrogens is 200 g/mol. The lowest BCUT2D eigenvalue weighted by molar-refractivity contribution is -0.123. The Morgan fingerprint density at radius 1 is 1.50 bits per heavy atom. The maximum Gasteiger partial charge on any atom is 0.242 e. The van der Waals surface area contributed by atoms with Crippen LogP contribution in [0.25, 0.3) is 0 Å². The number of carbonyl (C=O) groups excluding carboxylic acids is 1. The molecule has 4 heteroatoms. The predicted molar refractivity (Wildman–Crippen MR) is 57.1 cm³/mol. The fraction of sp³-hybridized carbons (Fsp3) is 0.300. The molecule has 0 saturated heterocycles. The van der Waals surface area contributed by atoms with Gasteiger partial charge in [-0.1, -0.05) is 29.8 Å². The molecule has 0 heterocycles. The highest BCUT2D eigenvalue weighted by Gasteiger charge is 2.32. The van der Waals surface area contributed by atoms with E-state index in [9.17, 15) is 4.79 Å². The molecular formula is C10H13ClN2O. The zero-order chi connectivity index (χ0) is 10.8. The van der Waals surface area contributed by atoms with E-state index in [1.165, 1.54) is 0 Å². The van der Waals surface area contributed by atoms with E-state index in [1.807, 2.05) is 12.1 Å². The molecule has 0 aliphatic rings. The van der Waals surface area contributed by atoms with Gasteiger partial charge in [0.1, 0.15) is 5.54 Å². The minimum absolute atomic E-state index is 0.451. The van der Waals surface area contributed by atoms with Crippen molar-refractivity contribution in [3.05, 3.63) is 34.9 Å². The molecule has 1 amide bonds. The zero-order valence-electron chi connectivity index (χ0n) is 8.17. The first-order chi connectivity index (χ1) is 6.52. The maximum atomic E-state index is 11.3. The Morgan fingerprint density at radius 3 is 2.50 bits per heavy atom. The number of nitrogens with two attached hydrogens (primary N) is 1. The third-order valence-corrected chi connectivity index (χ3v) is 2.73. The summed E-state index contributed by atoms with van der Waals surface area (Å²) in [6.07, 6.45) is 0. The molecule has 1 aromatic carbocycles. The number of likely N-dealkylation sites (N-methyl/N-ethyl adjacent to an activating group) is 1. The van der Waals surface area contributed by atoms with Crippen molar-refractivity contribution in [2.24, 2.45) is 5.73 Å². The summed E-state index contributed by atoms with van der Waals surface area (Å²) in [6, 6.07) is 7.14. The Labute approximate surface area is 88.2 Å². The van der Waals surface area contributed by atoms with Crippen LogP contribution in [0.3, 0.4) is 0 Å². The summed E-state index contributed by atoms with van der Waals surface area (Å²) in [5.41, 5.74) is 5.10. The van der Waals surface area contributed by atoms with Gasteiger partial charge in [0, 0.05) is 5.02 Å². The van der Waals surface area contributed by atoms with E-state index in [0.29, 0.717) is 10.6 Å². The van der Waals surface area contributed by atoms with Crippen LogP contribution in [-0.4, -0.2) is 13.0 Å². The number of carbonyl (C=O) groups is 1. The van der Waals surface area contributed by atoms with Crippen LogP contribution < -0.4 is 11.1 Å². The van der Waals surface area contributed by atoms with Gasteiger partial charge in [-0.2, -0.15) is 0 Å². The van der Waals surface area contributed by atoms with E-state index < -0.39 is 11.4 Å². The van der Waals surface area contributed by atoms with E-state index in [4.69, 9.17) is 17.3 Å². The van der Waals surface area contributed by atoms with Crippen LogP contribution >= 0.6 is 11.6 Å². The first-order valence-corrected chi connectivity index (χ1v) is 4.64. The number of amides is 1. The number of hydrogen-bond acceptors (Lipinski definition) is 2. The fourth-order valence-corrected chi connectivity index (χ4v) is 1.58. The van der Waals surface area contributed by atoms with Crippen LogP contribution in [0.4, 0.5) is 0 Å². The summed E-state index contributed by atoms with van der Waals surface area (Å²) in [5, 5.41) is 3.41. The van der Waals surface area contributed by atoms with Crippen molar-refractivity contribution in [1.82, 2.24) is 5.32 Å². The molecule has 0 fully saturated rings. The Bertz CT molecular complexity index is 354. The van der Waals surface area contributed by atoms with Crippen LogP contribution in [0, 0.1) is 0 Å². The van der Waals surface area contributed by atoms with Gasteiger partial charge in [0.25, 0.3) is 0 Å². The monoisotopic (exact) mass is 212 g/mol. The van der Waals surface area contributed by atoms with Gasteiger partial charge in [-0.15, -0.1) is 0 Å². The highest BCUT2D eigenvalue weighted by molar-refractivity contribution is 6.31. The maximum absolute atomic E-state index is 11.3. The van der Waals surface area contributed by atoms with Gasteiger partial charge in [0.15, 0.2) is 0 Å². The van der Waals surface area contributed by atoms with Crippen LogP contribution in [0.1, 0.15) is 12.5 Å². The van der Waals surface area contributed by atoms with Crippen molar-refractivity contribution >= 4 is 17.5 Å². The van der Waals surface area contributed by atoms with Crippen LogP contribution in [-0.2, 0) is 10.3 Å². The number of halogens is 1. The summed E-state index contributed by atoms with van der Waals surface area (Å²) < 4.78 is 0. The standard InChI is InChI=1S/C10H13ClN2O/c1-10(13-2,9(12)14)7-5-3-4-6-8(7)11/h3-6,13H,1-2H3,(H2,12,14). The van der Waals surface area contributed by atoms with Gasteiger partial charge in [-0.05, 0) is 25.6 Å². The average Bonchev–Trinajstić information content (AvgIpc) is 2.17. The summed E-state index contributed by atoms with van der Waals surface area (Å²) in [6.45, 7) is 1.70. The lowest BCUT2D eigenvalue weighted by Crippen LogP contribution is -2.48. The molecule has 76 valence electrons. The number of rotatable bonds is 3. The lowest BCUT2D eigenvalue weighted by Gasteiger charge is -2.26. The number of hydrogen-bond donors (Lipinski definition) is 2. The van der Waals surface area contributed by atoms with Crippen molar-refractivity contribution in [2.45, 2.75) is 12.5 Å². The highest BCUT2D eigenvalue weighted by atomic mass is 35.5. The van der Waals surface area contributed by atoms with E-state index >= 15 is 0 Å². The molecule has 0 aliphatic carbocycles. The van der Waals surface area contributed by atoms with Gasteiger partial charge in [-0.3, -0.25) is 4.79 Å². The lowest BCUT2D eigenvalue weighted by atomic mass is 9.91. The van der Waals surface area contributed by atoms with Gasteiger partial charge < -0.3 is 11.1 Å². The Morgan fingerprint density at radius 2 is 2.07 bits per heavy atom. The molecule has 0 radical (unpaired) electrons. The smallest absolute Gasteiger partial charge is 0.242 e. The van der Waals surface area contributed by atoms with Crippen molar-refractivity contribution in [3.63, 3.8) is 0 Å². The SMILES string of the molecule is CNC(C)(C(N)=O)c1ccccc1Cl. The first-order valence-electron chi connectivity index (χ1n) is 4.26. The summed E-state index contributed by atoms with van der Waals surface area (Å²) in [7, 11) is 1.67. The second-order valence-corrected chi connectivity index (χ2v) is 3.63. The second kappa shape index (κ2) is 3.98. The summed E-state index contributed by atoms with van der Waals surface area (Å²) in [4.78, 5) is 11.3. The third kappa shape index (κ3) is 1.74. The molecule has 1 unspecified atom stereocenters. The number of benzene rings is 1. The number of primary amides is 1. The van der Waals surface area contributed by atoms with E-state index in [1.54, 1.807) is 26.1 Å². The molecule has 3 N–H and O–H groups in total. The quantitative estimate of drug-likeness (QED) is 0.793. The Balaban J connectivity index is 3.26. The van der Waals surface area contributed by atoms with Crippen molar-refractivity contribution < 1.29 is 4.79 Å². The number of nitrogens with one attached hydrogen (secondary N) is 1. The van der Waals surface area contributed by atoms with E-state index in [-0.39, 0.29) is 0 Å². The van der Waals surface area contributed by atoms with E-state index in [0.717, 1.165) is 0 Å². The molecule has 0 aromatic heterocycles. The van der Waals surface area contributed by atoms with Crippen LogP contribution in [0.5, 0.6) is 0 Å². The van der Waals surface area contributed by atoms with E-state index in [2.05, 4.69) is 5.32 Å². The first kappa shape index (κ1) is 11.0. The Kier molecular flexibility index (Phi) is 3.13. The molecule has 0 spiro atoms. The molecule has 0 aliphatic heterocycles. The van der Waals surface area contributed by atoms with Crippen molar-refractivity contribution in [1.29, 1.82) is 0 Å². The van der Waals surface area contributed by atoms with Crippen molar-refractivity contribution in [3.8, 4) is 0 Å². The normalized spacial score (nSPS) is 14.8. The largest absolute Gasteiger partial charge is 0.368 e. The van der Waals surface area contributed by atoms with Gasteiger partial charge in [-0.25, -0.2) is 0 Å². The molecule has 14 heavy (non-hydrogen) atoms. The highest BCUT2D eigenvalue weighted by Crippen LogP contribution is 2.27. The van der Waals surface area contributed by atoms with Gasteiger partial charge in [0.05, 0.1) is 0 Å². The van der Waals surface area contributed by atoms with Gasteiger partial charge >= 0.3 is 0 Å². The summed E-state index contributed by atoms with van der Waals surface area (Å²) in [5.74, 6) is -0.451. The molecule has 3 nitrogen and oxygen atoms in total. The van der Waals surface area contributed by atoms with Gasteiger partial charge in [0.2, 0.25) is 5.91 Å². The molecule has 1 atom stereocenters. The van der Waals surface area contributed by atoms with Crippen LogP contribution in [0.15, 0.2) is 24.3 Å². The molecule has 0 bridgehead atoms. The minimum atomic E-state index is -0.918. The fourth-order valence-electron chi connectivity index (χ4n) is 1.26. The predicted octanol–water partition coefficient (Wildman–Crippen LogP) is 1.26. The van der Waals surface area contributed by atoms with Crippen LogP contribution in [0.2, 0.25) is 5.02 Å². The Hall–Kier alpha value is -1.06. The zero-order valence-corrected chi connectivity index (χ0v) is 8.93. The minimum Gasteiger partial charge on any atom is -0.368 e. The molecule has 1 rings (SSSR count). The molecule has 0 saturated carbocycles. The average molecular weight is 213 g/mol. The topological polar surface area (TPSA) is 55.1 Å². The molecule has 1 aromatic rings. The third-order valence-electron chi connectivity index (χ3n) is 2.41. The second-order valence-electron chi connectivity index (χ2n) is 3.22. The van der Waals surface area contributed by atoms with Crippen molar-refractivity contribution in [2.75, 3.05) is 7.05 Å². The summed E-state index contributed by atoms with van der Waals surface area (Å²) >= 11 is 5.98.